The third kappa shape index (κ3) is 2.43. The number of nitrogens with one attached hydrogen (secondary N) is 1. The number of carbonyl (C=O) groups is 1. The molecule has 0 fully saturated rings. The zero-order valence-corrected chi connectivity index (χ0v) is 11.1. The van der Waals surface area contributed by atoms with E-state index in [4.69, 9.17) is 5.11 Å². The first-order chi connectivity index (χ1) is 9.74. The molecule has 3 rings (SSSR count). The Morgan fingerprint density at radius 3 is 3.00 bits per heavy atom. The van der Waals surface area contributed by atoms with Gasteiger partial charge in [0.2, 0.25) is 0 Å². The molecule has 0 aliphatic heterocycles. The van der Waals surface area contributed by atoms with Gasteiger partial charge in [0.05, 0.1) is 12.7 Å². The molecular weight excluding hydrogens is 276 g/mol. The summed E-state index contributed by atoms with van der Waals surface area (Å²) < 4.78 is 0. The highest BCUT2D eigenvalue weighted by Gasteiger charge is 2.09. The number of aromatic nitrogens is 3. The third-order valence-corrected chi connectivity index (χ3v) is 3.60. The van der Waals surface area contributed by atoms with E-state index in [2.05, 4.69) is 20.5 Å². The van der Waals surface area contributed by atoms with Crippen LogP contribution in [0.25, 0.3) is 10.8 Å². The molecule has 0 aliphatic carbocycles. The van der Waals surface area contributed by atoms with Gasteiger partial charge in [-0.3, -0.25) is 0 Å². The molecule has 6 nitrogen and oxygen atoms in total. The predicted molar refractivity (Wildman–Crippen MR) is 75.9 cm³/mol. The molecule has 2 N–H and O–H groups in total. The summed E-state index contributed by atoms with van der Waals surface area (Å²) in [6, 6.07) is 7.78. The van der Waals surface area contributed by atoms with Crippen molar-refractivity contribution in [2.24, 2.45) is 0 Å². The summed E-state index contributed by atoms with van der Waals surface area (Å²) in [5.41, 5.74) is 0.0656. The summed E-state index contributed by atoms with van der Waals surface area (Å²) in [5.74, 6) is -0.354. The maximum Gasteiger partial charge on any atom is 0.355 e. The number of hydrogen-bond acceptors (Lipinski definition) is 6. The van der Waals surface area contributed by atoms with E-state index >= 15 is 0 Å². The number of hydrogen-bond donors (Lipinski definition) is 2. The van der Waals surface area contributed by atoms with E-state index in [1.165, 1.54) is 16.7 Å². The van der Waals surface area contributed by atoms with Gasteiger partial charge in [-0.1, -0.05) is 24.3 Å². The molecule has 0 bridgehead atoms. The maximum atomic E-state index is 10.8. The highest BCUT2D eigenvalue weighted by atomic mass is 32.1. The van der Waals surface area contributed by atoms with Gasteiger partial charge in [0, 0.05) is 16.2 Å². The molecule has 2 aromatic heterocycles. The number of carboxylic acid groups (broad SMARTS) is 1. The first-order valence-electron chi connectivity index (χ1n) is 5.86. The molecule has 0 atom stereocenters. The van der Waals surface area contributed by atoms with E-state index < -0.39 is 5.97 Å². The lowest BCUT2D eigenvalue weighted by Gasteiger charge is -2.05. The van der Waals surface area contributed by atoms with Crippen LogP contribution in [0.15, 0.2) is 35.8 Å². The Hall–Kier alpha value is -2.54. The van der Waals surface area contributed by atoms with Crippen molar-refractivity contribution in [1.29, 1.82) is 0 Å². The minimum absolute atomic E-state index is 0.0656. The zero-order valence-electron chi connectivity index (χ0n) is 10.3. The summed E-state index contributed by atoms with van der Waals surface area (Å²) in [7, 11) is 0. The van der Waals surface area contributed by atoms with Gasteiger partial charge in [0.25, 0.3) is 0 Å². The topological polar surface area (TPSA) is 88.0 Å². The first kappa shape index (κ1) is 12.5. The van der Waals surface area contributed by atoms with Gasteiger partial charge in [-0.05, 0) is 0 Å². The Morgan fingerprint density at radius 1 is 1.35 bits per heavy atom. The predicted octanol–water partition coefficient (Wildman–Crippen LogP) is 2.40. The average Bonchev–Trinajstić information content (AvgIpc) is 2.94. The molecule has 3 aromatic rings. The Labute approximate surface area is 118 Å². The standard InChI is InChI=1S/C13H10N4O2S/c18-13(19)10-7-20-11(16-10)6-14-12-9-4-2-1-3-8(9)5-15-17-12/h1-5,7H,6H2,(H,14,17)(H,18,19). The van der Waals surface area contributed by atoms with Crippen LogP contribution < -0.4 is 5.32 Å². The van der Waals surface area contributed by atoms with Crippen LogP contribution in [-0.4, -0.2) is 26.3 Å². The largest absolute Gasteiger partial charge is 0.476 e. The highest BCUT2D eigenvalue weighted by molar-refractivity contribution is 7.09. The van der Waals surface area contributed by atoms with Crippen LogP contribution in [0.1, 0.15) is 15.5 Å². The van der Waals surface area contributed by atoms with E-state index in [0.29, 0.717) is 17.4 Å². The monoisotopic (exact) mass is 286 g/mol. The maximum absolute atomic E-state index is 10.8. The number of fused-ring (bicyclic) bond motifs is 1. The minimum atomic E-state index is -1.02. The number of rotatable bonds is 4. The summed E-state index contributed by atoms with van der Waals surface area (Å²) in [6.45, 7) is 0.417. The Morgan fingerprint density at radius 2 is 2.20 bits per heavy atom. The number of anilines is 1. The van der Waals surface area contributed by atoms with Crippen molar-refractivity contribution in [3.05, 3.63) is 46.5 Å². The lowest BCUT2D eigenvalue weighted by atomic mass is 10.2. The van der Waals surface area contributed by atoms with Crippen molar-refractivity contribution in [2.45, 2.75) is 6.54 Å². The fourth-order valence-electron chi connectivity index (χ4n) is 1.81. The zero-order chi connectivity index (χ0) is 13.9. The van der Waals surface area contributed by atoms with Crippen LogP contribution in [0.4, 0.5) is 5.82 Å². The highest BCUT2D eigenvalue weighted by Crippen LogP contribution is 2.20. The van der Waals surface area contributed by atoms with Crippen molar-refractivity contribution in [3.8, 4) is 0 Å². The van der Waals surface area contributed by atoms with Crippen LogP contribution in [0.5, 0.6) is 0 Å². The van der Waals surface area contributed by atoms with Crippen LogP contribution in [0.2, 0.25) is 0 Å². The van der Waals surface area contributed by atoms with Crippen LogP contribution in [0, 0.1) is 0 Å². The van der Waals surface area contributed by atoms with Gasteiger partial charge >= 0.3 is 5.97 Å². The first-order valence-corrected chi connectivity index (χ1v) is 6.74. The van der Waals surface area contributed by atoms with E-state index in [9.17, 15) is 4.79 Å². The SMILES string of the molecule is O=C(O)c1csc(CNc2nncc3ccccc23)n1. The normalized spacial score (nSPS) is 10.6. The van der Waals surface area contributed by atoms with Gasteiger partial charge in [0.15, 0.2) is 11.5 Å². The number of carboxylic acids is 1. The van der Waals surface area contributed by atoms with Crippen molar-refractivity contribution < 1.29 is 9.90 Å². The minimum Gasteiger partial charge on any atom is -0.476 e. The Kier molecular flexibility index (Phi) is 3.26. The summed E-state index contributed by atoms with van der Waals surface area (Å²) >= 11 is 1.30. The fourth-order valence-corrected chi connectivity index (χ4v) is 2.52. The van der Waals surface area contributed by atoms with Crippen LogP contribution >= 0.6 is 11.3 Å². The number of nitrogens with zero attached hydrogens (tertiary/aromatic N) is 3. The fraction of sp³-hybridized carbons (Fsp3) is 0.0769. The number of aromatic carboxylic acids is 1. The van der Waals surface area contributed by atoms with Gasteiger partial charge < -0.3 is 10.4 Å². The molecule has 0 aliphatic rings. The molecule has 0 saturated carbocycles. The van der Waals surface area contributed by atoms with Crippen molar-refractivity contribution in [2.75, 3.05) is 5.32 Å². The summed E-state index contributed by atoms with van der Waals surface area (Å²) in [5, 5.41) is 24.1. The van der Waals surface area contributed by atoms with Gasteiger partial charge in [-0.25, -0.2) is 9.78 Å². The second-order valence-electron chi connectivity index (χ2n) is 4.07. The quantitative estimate of drug-likeness (QED) is 0.765. The molecule has 100 valence electrons. The molecule has 7 heteroatoms. The van der Waals surface area contributed by atoms with E-state index in [1.807, 2.05) is 24.3 Å². The molecule has 20 heavy (non-hydrogen) atoms. The number of thiazole rings is 1. The van der Waals surface area contributed by atoms with E-state index in [0.717, 1.165) is 10.8 Å². The Bertz CT molecular complexity index is 766. The van der Waals surface area contributed by atoms with Crippen molar-refractivity contribution in [3.63, 3.8) is 0 Å². The molecule has 0 unspecified atom stereocenters. The molecular formula is C13H10N4O2S. The smallest absolute Gasteiger partial charge is 0.355 e. The Balaban J connectivity index is 1.81. The second kappa shape index (κ2) is 5.22. The third-order valence-electron chi connectivity index (χ3n) is 2.75. The molecule has 1 aromatic carbocycles. The van der Waals surface area contributed by atoms with Gasteiger partial charge in [0.1, 0.15) is 5.01 Å². The van der Waals surface area contributed by atoms with Crippen LogP contribution in [-0.2, 0) is 6.54 Å². The lowest BCUT2D eigenvalue weighted by molar-refractivity contribution is 0.0691. The van der Waals surface area contributed by atoms with Crippen molar-refractivity contribution >= 4 is 33.9 Å². The molecule has 0 amide bonds. The van der Waals surface area contributed by atoms with E-state index in [1.54, 1.807) is 6.20 Å². The lowest BCUT2D eigenvalue weighted by Crippen LogP contribution is -2.04. The van der Waals surface area contributed by atoms with Crippen LogP contribution in [0.3, 0.4) is 0 Å². The second-order valence-corrected chi connectivity index (χ2v) is 5.01. The number of benzene rings is 1. The molecule has 2 heterocycles. The summed E-state index contributed by atoms with van der Waals surface area (Å²) in [6.07, 6.45) is 1.70. The summed E-state index contributed by atoms with van der Waals surface area (Å²) in [4.78, 5) is 14.8. The molecule has 0 radical (unpaired) electrons. The van der Waals surface area contributed by atoms with Gasteiger partial charge in [-0.2, -0.15) is 5.10 Å². The van der Waals surface area contributed by atoms with Crippen molar-refractivity contribution in [1.82, 2.24) is 15.2 Å². The van der Waals surface area contributed by atoms with E-state index in [-0.39, 0.29) is 5.69 Å². The molecule has 0 spiro atoms. The average molecular weight is 286 g/mol. The molecule has 0 saturated heterocycles. The van der Waals surface area contributed by atoms with Gasteiger partial charge in [-0.15, -0.1) is 16.4 Å².